The molecule has 0 aromatic heterocycles. The fraction of sp³-hybridized carbons (Fsp3) is 0.273. The molecule has 0 radical (unpaired) electrons. The van der Waals surface area contributed by atoms with E-state index < -0.39 is 0 Å². The van der Waals surface area contributed by atoms with Crippen molar-refractivity contribution in [2.75, 3.05) is 18.9 Å². The van der Waals surface area contributed by atoms with Crippen LogP contribution < -0.4 is 5.32 Å². The zero-order valence-corrected chi connectivity index (χ0v) is 8.49. The molecule has 0 atom stereocenters. The van der Waals surface area contributed by atoms with E-state index in [1.54, 1.807) is 18.0 Å². The summed E-state index contributed by atoms with van der Waals surface area (Å²) >= 11 is 0. The highest BCUT2D eigenvalue weighted by molar-refractivity contribution is 5.97. The average molecular weight is 204 g/mol. The average Bonchev–Trinajstić information content (AvgIpc) is 2.25. The molecule has 15 heavy (non-hydrogen) atoms. The summed E-state index contributed by atoms with van der Waals surface area (Å²) < 4.78 is 0. The van der Waals surface area contributed by atoms with E-state index >= 15 is 0 Å². The van der Waals surface area contributed by atoms with Crippen molar-refractivity contribution in [2.24, 2.45) is 0 Å². The van der Waals surface area contributed by atoms with Gasteiger partial charge in [0.15, 0.2) is 0 Å². The molecule has 1 heterocycles. The Kier molecular flexibility index (Phi) is 2.41. The van der Waals surface area contributed by atoms with E-state index in [0.29, 0.717) is 17.7 Å². The summed E-state index contributed by atoms with van der Waals surface area (Å²) in [6.07, 6.45) is 1.48. The van der Waals surface area contributed by atoms with E-state index in [0.717, 1.165) is 18.5 Å². The van der Waals surface area contributed by atoms with Crippen molar-refractivity contribution in [2.45, 2.75) is 6.42 Å². The van der Waals surface area contributed by atoms with Crippen molar-refractivity contribution < 1.29 is 9.59 Å². The lowest BCUT2D eigenvalue weighted by Gasteiger charge is -2.24. The van der Waals surface area contributed by atoms with Crippen molar-refractivity contribution in [3.63, 3.8) is 0 Å². The van der Waals surface area contributed by atoms with Crippen LogP contribution in [0.1, 0.15) is 15.9 Å². The fourth-order valence-electron chi connectivity index (χ4n) is 1.75. The monoisotopic (exact) mass is 204 g/mol. The molecule has 1 aromatic rings. The van der Waals surface area contributed by atoms with Crippen LogP contribution in [0.25, 0.3) is 0 Å². The molecule has 2 amide bonds. The van der Waals surface area contributed by atoms with Gasteiger partial charge in [-0.2, -0.15) is 0 Å². The summed E-state index contributed by atoms with van der Waals surface area (Å²) in [4.78, 5) is 23.8. The van der Waals surface area contributed by atoms with Crippen LogP contribution in [0.3, 0.4) is 0 Å². The number of amides is 2. The zero-order chi connectivity index (χ0) is 10.8. The molecule has 1 aliphatic rings. The van der Waals surface area contributed by atoms with Crippen LogP contribution in [0.15, 0.2) is 18.2 Å². The number of likely N-dealkylation sites (N-methyl/N-ethyl adjacent to an activating group) is 1. The first-order chi connectivity index (χ1) is 7.22. The first-order valence-electron chi connectivity index (χ1n) is 4.81. The summed E-state index contributed by atoms with van der Waals surface area (Å²) in [6.45, 7) is 0.756. The number of nitrogens with zero attached hydrogens (tertiary/aromatic N) is 1. The number of rotatable bonds is 2. The Labute approximate surface area is 87.9 Å². The smallest absolute Gasteiger partial charge is 0.253 e. The minimum Gasteiger partial charge on any atom is -0.341 e. The van der Waals surface area contributed by atoms with Crippen molar-refractivity contribution in [3.05, 3.63) is 29.3 Å². The third-order valence-corrected chi connectivity index (χ3v) is 2.63. The van der Waals surface area contributed by atoms with Crippen molar-refractivity contribution >= 4 is 18.0 Å². The minimum atomic E-state index is 0.0193. The molecule has 1 N–H and O–H groups in total. The number of hydrogen-bond acceptors (Lipinski definition) is 2. The largest absolute Gasteiger partial charge is 0.341 e. The molecule has 2 rings (SSSR count). The van der Waals surface area contributed by atoms with Gasteiger partial charge in [-0.1, -0.05) is 6.07 Å². The van der Waals surface area contributed by atoms with Gasteiger partial charge in [0.2, 0.25) is 6.41 Å². The minimum absolute atomic E-state index is 0.0193. The van der Waals surface area contributed by atoms with E-state index in [4.69, 9.17) is 0 Å². The third kappa shape index (κ3) is 1.70. The van der Waals surface area contributed by atoms with Crippen LogP contribution >= 0.6 is 0 Å². The van der Waals surface area contributed by atoms with Gasteiger partial charge in [-0.15, -0.1) is 0 Å². The van der Waals surface area contributed by atoms with Crippen LogP contribution in [0.4, 0.5) is 5.69 Å². The van der Waals surface area contributed by atoms with Gasteiger partial charge in [0.1, 0.15) is 0 Å². The number of fused-ring (bicyclic) bond motifs is 1. The topological polar surface area (TPSA) is 49.4 Å². The second-order valence-electron chi connectivity index (χ2n) is 3.61. The molecule has 1 aliphatic heterocycles. The molecule has 0 aliphatic carbocycles. The van der Waals surface area contributed by atoms with Gasteiger partial charge < -0.3 is 10.2 Å². The van der Waals surface area contributed by atoms with Gasteiger partial charge in [-0.3, -0.25) is 9.59 Å². The predicted octanol–water partition coefficient (Wildman–Crippen LogP) is 0.883. The molecule has 0 saturated carbocycles. The summed E-state index contributed by atoms with van der Waals surface area (Å²) in [5, 5.41) is 2.54. The molecular weight excluding hydrogens is 192 g/mol. The third-order valence-electron chi connectivity index (χ3n) is 2.63. The SMILES string of the molecule is CN1CCc2ccc(NC=O)cc2C1=O. The molecule has 4 nitrogen and oxygen atoms in total. The molecule has 0 bridgehead atoms. The Morgan fingerprint density at radius 1 is 1.47 bits per heavy atom. The first-order valence-corrected chi connectivity index (χ1v) is 4.81. The molecule has 1 aromatic carbocycles. The molecular formula is C11H12N2O2. The fourth-order valence-corrected chi connectivity index (χ4v) is 1.75. The standard InChI is InChI=1S/C11H12N2O2/c1-13-5-4-8-2-3-9(12-7-14)6-10(8)11(13)15/h2-3,6-7H,4-5H2,1H3,(H,12,14). The lowest BCUT2D eigenvalue weighted by Crippen LogP contribution is -2.34. The Bertz CT molecular complexity index is 415. The molecule has 0 saturated heterocycles. The number of hydrogen-bond donors (Lipinski definition) is 1. The highest BCUT2D eigenvalue weighted by atomic mass is 16.2. The maximum Gasteiger partial charge on any atom is 0.253 e. The second-order valence-corrected chi connectivity index (χ2v) is 3.61. The molecule has 0 fully saturated rings. The van der Waals surface area contributed by atoms with E-state index in [-0.39, 0.29) is 5.91 Å². The van der Waals surface area contributed by atoms with Gasteiger partial charge >= 0.3 is 0 Å². The normalized spacial score (nSPS) is 14.7. The number of nitrogens with one attached hydrogen (secondary N) is 1. The van der Waals surface area contributed by atoms with E-state index in [1.807, 2.05) is 12.1 Å². The number of carbonyl (C=O) groups is 2. The lowest BCUT2D eigenvalue weighted by atomic mass is 9.99. The molecule has 0 spiro atoms. The second kappa shape index (κ2) is 3.73. The maximum absolute atomic E-state index is 11.8. The van der Waals surface area contributed by atoms with Crippen LogP contribution in [-0.2, 0) is 11.2 Å². The van der Waals surface area contributed by atoms with Crippen LogP contribution in [0.5, 0.6) is 0 Å². The van der Waals surface area contributed by atoms with E-state index in [9.17, 15) is 9.59 Å². The summed E-state index contributed by atoms with van der Waals surface area (Å²) in [6, 6.07) is 5.43. The van der Waals surface area contributed by atoms with Crippen LogP contribution in [0, 0.1) is 0 Å². The molecule has 78 valence electrons. The van der Waals surface area contributed by atoms with Gasteiger partial charge in [0.25, 0.3) is 5.91 Å². The van der Waals surface area contributed by atoms with Gasteiger partial charge in [0.05, 0.1) is 0 Å². The van der Waals surface area contributed by atoms with Crippen molar-refractivity contribution in [1.29, 1.82) is 0 Å². The Hall–Kier alpha value is -1.84. The lowest BCUT2D eigenvalue weighted by molar-refractivity contribution is -0.105. The molecule has 0 unspecified atom stereocenters. The van der Waals surface area contributed by atoms with E-state index in [1.165, 1.54) is 0 Å². The zero-order valence-electron chi connectivity index (χ0n) is 8.49. The summed E-state index contributed by atoms with van der Waals surface area (Å²) in [5.74, 6) is 0.0193. The Morgan fingerprint density at radius 2 is 2.27 bits per heavy atom. The first kappa shape index (κ1) is 9.71. The Morgan fingerprint density at radius 3 is 3.00 bits per heavy atom. The maximum atomic E-state index is 11.8. The van der Waals surface area contributed by atoms with Gasteiger partial charge in [-0.05, 0) is 24.1 Å². The van der Waals surface area contributed by atoms with Crippen molar-refractivity contribution in [1.82, 2.24) is 4.90 Å². The van der Waals surface area contributed by atoms with Crippen molar-refractivity contribution in [3.8, 4) is 0 Å². The highest BCUT2D eigenvalue weighted by Crippen LogP contribution is 2.21. The summed E-state index contributed by atoms with van der Waals surface area (Å²) in [7, 11) is 1.78. The number of anilines is 1. The number of carbonyl (C=O) groups excluding carboxylic acids is 2. The number of benzene rings is 1. The summed E-state index contributed by atoms with van der Waals surface area (Å²) in [5.41, 5.74) is 2.40. The van der Waals surface area contributed by atoms with Crippen LogP contribution in [0.2, 0.25) is 0 Å². The molecule has 4 heteroatoms. The Balaban J connectivity index is 2.41. The predicted molar refractivity (Wildman–Crippen MR) is 56.8 cm³/mol. The van der Waals surface area contributed by atoms with E-state index in [2.05, 4.69) is 5.32 Å². The van der Waals surface area contributed by atoms with Crippen LogP contribution in [-0.4, -0.2) is 30.8 Å². The van der Waals surface area contributed by atoms with Gasteiger partial charge in [-0.25, -0.2) is 0 Å². The highest BCUT2D eigenvalue weighted by Gasteiger charge is 2.21. The quantitative estimate of drug-likeness (QED) is 0.727. The van der Waals surface area contributed by atoms with Gasteiger partial charge in [0, 0.05) is 24.8 Å².